The number of esters is 2. The smallest absolute Gasteiger partial charge is 0.339 e. The third kappa shape index (κ3) is 7.34. The quantitative estimate of drug-likeness (QED) is 0.0787. The van der Waals surface area contributed by atoms with Gasteiger partial charge in [-0.3, -0.25) is 28.9 Å². The minimum Gasteiger partial charge on any atom is -0.497 e. The van der Waals surface area contributed by atoms with Gasteiger partial charge in [-0.05, 0) is 66.7 Å². The van der Waals surface area contributed by atoms with Crippen molar-refractivity contribution in [3.8, 4) is 11.5 Å². The Labute approximate surface area is 298 Å². The molecule has 0 aromatic heterocycles. The maximum atomic E-state index is 13.6. The predicted octanol–water partition coefficient (Wildman–Crippen LogP) is 6.25. The lowest BCUT2D eigenvalue weighted by Crippen LogP contribution is -2.36. The average Bonchev–Trinajstić information content (AvgIpc) is 3.43. The number of ketones is 2. The van der Waals surface area contributed by atoms with Crippen LogP contribution in [0.1, 0.15) is 75.1 Å². The van der Waals surface area contributed by atoms with Gasteiger partial charge in [0.15, 0.2) is 12.2 Å². The molecule has 0 unspecified atom stereocenters. The van der Waals surface area contributed by atoms with Gasteiger partial charge in [0, 0.05) is 22.3 Å². The number of hydrogen-bond acceptors (Lipinski definition) is 10. The Balaban J connectivity index is 1.19. The van der Waals surface area contributed by atoms with Gasteiger partial charge in [0.2, 0.25) is 11.6 Å². The lowest BCUT2D eigenvalue weighted by Gasteiger charge is -2.19. The van der Waals surface area contributed by atoms with E-state index < -0.39 is 54.1 Å². The molecular formula is C41H31NO10. The summed E-state index contributed by atoms with van der Waals surface area (Å²) in [7, 11) is 2.99. The molecule has 0 fully saturated rings. The SMILES string of the molecule is COc1ccc(C(=O)[C@@H](OC(=O)CN2C(=O)c3ccc(C(=O)O[C@H](C(=O)c4ccc(OC)cc4)c4ccccc4)cc3C2=O)c2ccccc2)cc1. The number of nitrogens with zero attached hydrogens (tertiary/aromatic N) is 1. The van der Waals surface area contributed by atoms with Crippen LogP contribution in [0, 0.1) is 0 Å². The maximum absolute atomic E-state index is 13.6. The fraction of sp³-hybridized carbons (Fsp3) is 0.122. The molecule has 2 atom stereocenters. The third-order valence-corrected chi connectivity index (χ3v) is 8.40. The van der Waals surface area contributed by atoms with E-state index >= 15 is 0 Å². The molecule has 0 aliphatic carbocycles. The van der Waals surface area contributed by atoms with Crippen molar-refractivity contribution in [2.45, 2.75) is 12.2 Å². The third-order valence-electron chi connectivity index (χ3n) is 8.40. The standard InChI is InChI=1S/C41H31NO10/c1-49-30-18-13-25(14-19-30)35(44)37(27-9-5-3-6-10-27)51-34(43)24-42-39(46)32-22-17-29(23-33(32)40(42)47)41(48)52-38(28-11-7-4-8-12-28)36(45)26-15-20-31(50-2)21-16-26/h3-23,37-38H,24H2,1-2H3/t37-,38-/m0/s1. The number of hydrogen-bond donors (Lipinski definition) is 0. The molecule has 0 saturated carbocycles. The number of Topliss-reactive ketones (excluding diaryl/α,β-unsaturated/α-hetero) is 2. The second kappa shape index (κ2) is 15.3. The highest BCUT2D eigenvalue weighted by Gasteiger charge is 2.39. The molecule has 0 saturated heterocycles. The summed E-state index contributed by atoms with van der Waals surface area (Å²) in [5, 5.41) is 0. The first-order chi connectivity index (χ1) is 25.2. The Morgan fingerprint density at radius 1 is 0.538 bits per heavy atom. The summed E-state index contributed by atoms with van der Waals surface area (Å²) in [6.07, 6.45) is -2.69. The van der Waals surface area contributed by atoms with Crippen LogP contribution in [0.4, 0.5) is 0 Å². The van der Waals surface area contributed by atoms with E-state index in [9.17, 15) is 28.8 Å². The van der Waals surface area contributed by atoms with E-state index in [0.717, 1.165) is 0 Å². The van der Waals surface area contributed by atoms with Crippen LogP contribution in [-0.4, -0.2) is 61.0 Å². The van der Waals surface area contributed by atoms with Crippen LogP contribution in [-0.2, 0) is 14.3 Å². The highest BCUT2D eigenvalue weighted by Crippen LogP contribution is 2.29. The molecule has 1 aliphatic heterocycles. The first-order valence-corrected chi connectivity index (χ1v) is 16.1. The van der Waals surface area contributed by atoms with Crippen molar-refractivity contribution in [1.82, 2.24) is 4.90 Å². The first kappa shape index (κ1) is 35.0. The molecule has 6 rings (SSSR count). The van der Waals surface area contributed by atoms with Crippen LogP contribution in [0.5, 0.6) is 11.5 Å². The van der Waals surface area contributed by atoms with Crippen molar-refractivity contribution in [2.75, 3.05) is 20.8 Å². The molecular weight excluding hydrogens is 666 g/mol. The van der Waals surface area contributed by atoms with Crippen molar-refractivity contribution in [1.29, 1.82) is 0 Å². The molecule has 0 bridgehead atoms. The summed E-state index contributed by atoms with van der Waals surface area (Å²) in [6.45, 7) is -0.794. The number of fused-ring (bicyclic) bond motifs is 1. The molecule has 1 heterocycles. The molecule has 0 radical (unpaired) electrons. The van der Waals surface area contributed by atoms with Crippen LogP contribution in [0.15, 0.2) is 127 Å². The molecule has 0 N–H and O–H groups in total. The van der Waals surface area contributed by atoms with Gasteiger partial charge in [0.1, 0.15) is 18.0 Å². The number of methoxy groups -OCH3 is 2. The second-order valence-corrected chi connectivity index (χ2v) is 11.6. The van der Waals surface area contributed by atoms with Gasteiger partial charge in [-0.15, -0.1) is 0 Å². The van der Waals surface area contributed by atoms with Crippen LogP contribution in [0.2, 0.25) is 0 Å². The molecule has 2 amide bonds. The number of benzene rings is 5. The number of ether oxygens (including phenoxy) is 4. The summed E-state index contributed by atoms with van der Waals surface area (Å²) in [5.74, 6) is -3.49. The van der Waals surface area contributed by atoms with Gasteiger partial charge in [0.05, 0.1) is 30.9 Å². The highest BCUT2D eigenvalue weighted by atomic mass is 16.6. The second-order valence-electron chi connectivity index (χ2n) is 11.6. The minimum absolute atomic E-state index is 0.0443. The van der Waals surface area contributed by atoms with Crippen LogP contribution >= 0.6 is 0 Å². The topological polar surface area (TPSA) is 143 Å². The zero-order chi connectivity index (χ0) is 36.8. The van der Waals surface area contributed by atoms with Crippen LogP contribution < -0.4 is 9.47 Å². The molecule has 11 nitrogen and oxygen atoms in total. The first-order valence-electron chi connectivity index (χ1n) is 16.1. The van der Waals surface area contributed by atoms with Crippen molar-refractivity contribution < 1.29 is 47.7 Å². The van der Waals surface area contributed by atoms with E-state index in [2.05, 4.69) is 0 Å². The number of imide groups is 1. The van der Waals surface area contributed by atoms with Crippen LogP contribution in [0.25, 0.3) is 0 Å². The van der Waals surface area contributed by atoms with Gasteiger partial charge in [0.25, 0.3) is 11.8 Å². The van der Waals surface area contributed by atoms with Crippen LogP contribution in [0.3, 0.4) is 0 Å². The van der Waals surface area contributed by atoms with E-state index in [1.54, 1.807) is 97.1 Å². The van der Waals surface area contributed by atoms with Crippen molar-refractivity contribution in [3.63, 3.8) is 0 Å². The fourth-order valence-electron chi connectivity index (χ4n) is 5.65. The Morgan fingerprint density at radius 3 is 1.46 bits per heavy atom. The molecule has 11 heteroatoms. The summed E-state index contributed by atoms with van der Waals surface area (Å²) in [5.41, 5.74) is 1.07. The maximum Gasteiger partial charge on any atom is 0.339 e. The number of rotatable bonds is 13. The van der Waals surface area contributed by atoms with E-state index in [0.29, 0.717) is 27.5 Å². The van der Waals surface area contributed by atoms with Gasteiger partial charge >= 0.3 is 11.9 Å². The fourth-order valence-corrected chi connectivity index (χ4v) is 5.65. The van der Waals surface area contributed by atoms with E-state index in [4.69, 9.17) is 18.9 Å². The Hall–Kier alpha value is -6.88. The Morgan fingerprint density at radius 2 is 0.981 bits per heavy atom. The number of carbonyl (C=O) groups is 6. The van der Waals surface area contributed by atoms with Gasteiger partial charge in [-0.25, -0.2) is 4.79 Å². The Bertz CT molecular complexity index is 2150. The molecule has 0 spiro atoms. The summed E-state index contributed by atoms with van der Waals surface area (Å²) < 4.78 is 21.7. The molecule has 52 heavy (non-hydrogen) atoms. The largest absolute Gasteiger partial charge is 0.497 e. The zero-order valence-corrected chi connectivity index (χ0v) is 28.0. The van der Waals surface area contributed by atoms with Gasteiger partial charge in [-0.1, -0.05) is 60.7 Å². The van der Waals surface area contributed by atoms with Crippen molar-refractivity contribution >= 4 is 35.3 Å². The van der Waals surface area contributed by atoms with Crippen molar-refractivity contribution in [2.24, 2.45) is 0 Å². The van der Waals surface area contributed by atoms with E-state index in [1.807, 2.05) is 0 Å². The highest BCUT2D eigenvalue weighted by molar-refractivity contribution is 6.23. The molecule has 1 aliphatic rings. The average molecular weight is 698 g/mol. The summed E-state index contributed by atoms with van der Waals surface area (Å²) in [4.78, 5) is 81.3. The molecule has 5 aromatic rings. The summed E-state index contributed by atoms with van der Waals surface area (Å²) in [6, 6.07) is 33.2. The van der Waals surface area contributed by atoms with Gasteiger partial charge in [-0.2, -0.15) is 0 Å². The lowest BCUT2D eigenvalue weighted by molar-refractivity contribution is -0.147. The van der Waals surface area contributed by atoms with E-state index in [1.165, 1.54) is 44.6 Å². The van der Waals surface area contributed by atoms with E-state index in [-0.39, 0.29) is 27.8 Å². The van der Waals surface area contributed by atoms with Crippen molar-refractivity contribution in [3.05, 3.63) is 166 Å². The monoisotopic (exact) mass is 697 g/mol. The number of amides is 2. The Kier molecular flexibility index (Phi) is 10.3. The molecule has 260 valence electrons. The normalized spacial score (nSPS) is 13.1. The lowest BCUT2D eigenvalue weighted by atomic mass is 9.99. The van der Waals surface area contributed by atoms with Gasteiger partial charge < -0.3 is 18.9 Å². The zero-order valence-electron chi connectivity index (χ0n) is 28.0. The molecule has 5 aromatic carbocycles. The number of carbonyl (C=O) groups excluding carboxylic acids is 6. The minimum atomic E-state index is -1.36. The summed E-state index contributed by atoms with van der Waals surface area (Å²) >= 11 is 0. The predicted molar refractivity (Wildman–Crippen MR) is 186 cm³/mol.